The van der Waals surface area contributed by atoms with Crippen molar-refractivity contribution in [3.05, 3.63) is 23.3 Å². The molecule has 0 unspecified atom stereocenters. The van der Waals surface area contributed by atoms with Crippen LogP contribution in [-0.4, -0.2) is 18.8 Å². The number of rotatable bonds is 3. The SMILES string of the molecule is COc1c(C)cc(NC(=O)C(C)=O)cc1C. The van der Waals surface area contributed by atoms with E-state index < -0.39 is 11.7 Å². The number of nitrogens with one attached hydrogen (secondary N) is 1. The fourth-order valence-corrected chi connectivity index (χ4v) is 1.56. The number of amides is 1. The summed E-state index contributed by atoms with van der Waals surface area (Å²) in [5.41, 5.74) is 2.44. The lowest BCUT2D eigenvalue weighted by Gasteiger charge is -2.11. The van der Waals surface area contributed by atoms with Crippen LogP contribution in [0.2, 0.25) is 0 Å². The lowest BCUT2D eigenvalue weighted by atomic mass is 10.1. The van der Waals surface area contributed by atoms with Crippen molar-refractivity contribution in [1.29, 1.82) is 0 Å². The maximum absolute atomic E-state index is 11.2. The molecule has 0 aliphatic rings. The Kier molecular flexibility index (Phi) is 3.66. The zero-order valence-electron chi connectivity index (χ0n) is 9.88. The highest BCUT2D eigenvalue weighted by Gasteiger charge is 2.10. The van der Waals surface area contributed by atoms with Crippen molar-refractivity contribution in [3.8, 4) is 5.75 Å². The van der Waals surface area contributed by atoms with Gasteiger partial charge in [0, 0.05) is 12.6 Å². The van der Waals surface area contributed by atoms with Gasteiger partial charge in [-0.3, -0.25) is 9.59 Å². The summed E-state index contributed by atoms with van der Waals surface area (Å²) in [5.74, 6) is -0.323. The third-order valence-corrected chi connectivity index (χ3v) is 2.24. The number of aryl methyl sites for hydroxylation is 2. The standard InChI is InChI=1S/C12H15NO3/c1-7-5-10(13-12(15)9(3)14)6-8(2)11(7)16-4/h5-6H,1-4H3,(H,13,15). The molecule has 0 atom stereocenters. The Bertz CT molecular complexity index is 415. The summed E-state index contributed by atoms with van der Waals surface area (Å²) in [5, 5.41) is 2.53. The molecule has 0 saturated carbocycles. The van der Waals surface area contributed by atoms with E-state index in [1.54, 1.807) is 19.2 Å². The third kappa shape index (κ3) is 2.59. The number of carbonyl (C=O) groups excluding carboxylic acids is 2. The molecular formula is C12H15NO3. The second-order valence-electron chi connectivity index (χ2n) is 3.65. The summed E-state index contributed by atoms with van der Waals surface area (Å²) < 4.78 is 5.20. The van der Waals surface area contributed by atoms with Gasteiger partial charge in [-0.15, -0.1) is 0 Å². The van der Waals surface area contributed by atoms with Gasteiger partial charge in [0.05, 0.1) is 7.11 Å². The van der Waals surface area contributed by atoms with Crippen molar-refractivity contribution < 1.29 is 14.3 Å². The van der Waals surface area contributed by atoms with Crippen LogP contribution in [0.4, 0.5) is 5.69 Å². The largest absolute Gasteiger partial charge is 0.496 e. The lowest BCUT2D eigenvalue weighted by Crippen LogP contribution is -2.19. The number of anilines is 1. The van der Waals surface area contributed by atoms with Crippen LogP contribution in [0.15, 0.2) is 12.1 Å². The van der Waals surface area contributed by atoms with Crippen molar-refractivity contribution in [2.45, 2.75) is 20.8 Å². The molecule has 0 saturated heterocycles. The Balaban J connectivity index is 3.00. The summed E-state index contributed by atoms with van der Waals surface area (Å²) >= 11 is 0. The van der Waals surface area contributed by atoms with Crippen LogP contribution in [0.3, 0.4) is 0 Å². The molecule has 0 heterocycles. The minimum atomic E-state index is -0.607. The second kappa shape index (κ2) is 4.79. The average Bonchev–Trinajstić information content (AvgIpc) is 2.16. The zero-order chi connectivity index (χ0) is 12.3. The number of hydrogen-bond acceptors (Lipinski definition) is 3. The number of carbonyl (C=O) groups is 2. The van der Waals surface area contributed by atoms with E-state index in [4.69, 9.17) is 4.74 Å². The minimum Gasteiger partial charge on any atom is -0.496 e. The molecule has 0 bridgehead atoms. The number of methoxy groups -OCH3 is 1. The van der Waals surface area contributed by atoms with Crippen molar-refractivity contribution >= 4 is 17.4 Å². The first kappa shape index (κ1) is 12.2. The topological polar surface area (TPSA) is 55.4 Å². The van der Waals surface area contributed by atoms with Gasteiger partial charge in [-0.1, -0.05) is 0 Å². The molecule has 1 rings (SSSR count). The highest BCUT2D eigenvalue weighted by Crippen LogP contribution is 2.26. The molecule has 1 aromatic carbocycles. The van der Waals surface area contributed by atoms with Gasteiger partial charge in [-0.05, 0) is 37.1 Å². The Morgan fingerprint density at radius 1 is 1.19 bits per heavy atom. The van der Waals surface area contributed by atoms with E-state index in [-0.39, 0.29) is 0 Å². The maximum Gasteiger partial charge on any atom is 0.291 e. The van der Waals surface area contributed by atoms with Gasteiger partial charge in [-0.2, -0.15) is 0 Å². The van der Waals surface area contributed by atoms with Gasteiger partial charge in [0.15, 0.2) is 0 Å². The number of ether oxygens (including phenoxy) is 1. The third-order valence-electron chi connectivity index (χ3n) is 2.24. The number of hydrogen-bond donors (Lipinski definition) is 1. The Morgan fingerprint density at radius 3 is 2.06 bits per heavy atom. The number of Topliss-reactive ketones (excluding diaryl/α,β-unsaturated/α-hetero) is 1. The second-order valence-corrected chi connectivity index (χ2v) is 3.65. The van der Waals surface area contributed by atoms with E-state index in [0.717, 1.165) is 16.9 Å². The van der Waals surface area contributed by atoms with Crippen LogP contribution >= 0.6 is 0 Å². The van der Waals surface area contributed by atoms with Gasteiger partial charge in [-0.25, -0.2) is 0 Å². The molecule has 0 aliphatic carbocycles. The molecule has 1 aromatic rings. The van der Waals surface area contributed by atoms with Crippen LogP contribution < -0.4 is 10.1 Å². The minimum absolute atomic E-state index is 0.508. The predicted octanol–water partition coefficient (Wildman–Crippen LogP) is 1.84. The molecule has 0 spiro atoms. The van der Waals surface area contributed by atoms with E-state index in [1.165, 1.54) is 6.92 Å². The van der Waals surface area contributed by atoms with E-state index in [2.05, 4.69) is 5.32 Å². The number of ketones is 1. The Morgan fingerprint density at radius 2 is 1.69 bits per heavy atom. The maximum atomic E-state index is 11.2. The quantitative estimate of drug-likeness (QED) is 0.792. The molecule has 4 heteroatoms. The van der Waals surface area contributed by atoms with Crippen LogP contribution in [-0.2, 0) is 9.59 Å². The summed E-state index contributed by atoms with van der Waals surface area (Å²) in [7, 11) is 1.60. The van der Waals surface area contributed by atoms with Gasteiger partial charge >= 0.3 is 0 Å². The molecule has 1 N–H and O–H groups in total. The van der Waals surface area contributed by atoms with Crippen LogP contribution in [0.1, 0.15) is 18.1 Å². The van der Waals surface area contributed by atoms with Gasteiger partial charge in [0.1, 0.15) is 5.75 Å². The molecule has 0 fully saturated rings. The molecule has 86 valence electrons. The number of benzene rings is 1. The van der Waals surface area contributed by atoms with E-state index in [9.17, 15) is 9.59 Å². The van der Waals surface area contributed by atoms with E-state index in [1.807, 2.05) is 13.8 Å². The van der Waals surface area contributed by atoms with Crippen molar-refractivity contribution in [2.75, 3.05) is 12.4 Å². The molecule has 4 nitrogen and oxygen atoms in total. The highest BCUT2D eigenvalue weighted by molar-refractivity contribution is 6.39. The first-order chi connectivity index (χ1) is 7.45. The van der Waals surface area contributed by atoms with Crippen LogP contribution in [0, 0.1) is 13.8 Å². The average molecular weight is 221 g/mol. The molecule has 0 aromatic heterocycles. The molecule has 16 heavy (non-hydrogen) atoms. The fourth-order valence-electron chi connectivity index (χ4n) is 1.56. The fraction of sp³-hybridized carbons (Fsp3) is 0.333. The molecular weight excluding hydrogens is 206 g/mol. The normalized spacial score (nSPS) is 9.75. The van der Waals surface area contributed by atoms with Crippen molar-refractivity contribution in [1.82, 2.24) is 0 Å². The monoisotopic (exact) mass is 221 g/mol. The summed E-state index contributed by atoms with van der Waals surface area (Å²) in [4.78, 5) is 22.0. The summed E-state index contributed by atoms with van der Waals surface area (Å²) in [6, 6.07) is 3.54. The first-order valence-electron chi connectivity index (χ1n) is 4.93. The molecule has 0 aliphatic heterocycles. The van der Waals surface area contributed by atoms with Gasteiger partial charge in [0.2, 0.25) is 5.78 Å². The van der Waals surface area contributed by atoms with Crippen molar-refractivity contribution in [2.24, 2.45) is 0 Å². The smallest absolute Gasteiger partial charge is 0.291 e. The Hall–Kier alpha value is -1.84. The first-order valence-corrected chi connectivity index (χ1v) is 4.93. The van der Waals surface area contributed by atoms with Gasteiger partial charge in [0.25, 0.3) is 5.91 Å². The van der Waals surface area contributed by atoms with Crippen LogP contribution in [0.25, 0.3) is 0 Å². The van der Waals surface area contributed by atoms with Gasteiger partial charge < -0.3 is 10.1 Å². The predicted molar refractivity (Wildman–Crippen MR) is 61.8 cm³/mol. The van der Waals surface area contributed by atoms with Crippen LogP contribution in [0.5, 0.6) is 5.75 Å². The lowest BCUT2D eigenvalue weighted by molar-refractivity contribution is -0.133. The Labute approximate surface area is 94.6 Å². The highest BCUT2D eigenvalue weighted by atomic mass is 16.5. The summed E-state index contributed by atoms with van der Waals surface area (Å²) in [6.07, 6.45) is 0. The zero-order valence-corrected chi connectivity index (χ0v) is 9.88. The summed E-state index contributed by atoms with van der Waals surface area (Å²) in [6.45, 7) is 5.00. The molecule has 1 amide bonds. The molecule has 0 radical (unpaired) electrons. The van der Waals surface area contributed by atoms with Crippen molar-refractivity contribution in [3.63, 3.8) is 0 Å². The van der Waals surface area contributed by atoms with E-state index in [0.29, 0.717) is 5.69 Å². The van der Waals surface area contributed by atoms with E-state index >= 15 is 0 Å².